The molecular weight excluding hydrogens is 411 g/mol. The summed E-state index contributed by atoms with van der Waals surface area (Å²) in [6.45, 7) is 1.93. The maximum Gasteiger partial charge on any atom is 1.00 e. The third-order valence-corrected chi connectivity index (χ3v) is 5.22. The summed E-state index contributed by atoms with van der Waals surface area (Å²) in [5.74, 6) is -0.0149. The molecule has 0 spiro atoms. The van der Waals surface area contributed by atoms with Gasteiger partial charge in [0.1, 0.15) is 5.75 Å². The van der Waals surface area contributed by atoms with Crippen LogP contribution in [-0.4, -0.2) is 40.2 Å². The topological polar surface area (TPSA) is 94.1 Å². The van der Waals surface area contributed by atoms with Crippen LogP contribution >= 0.6 is 0 Å². The van der Waals surface area contributed by atoms with E-state index in [9.17, 15) is 14.7 Å². The van der Waals surface area contributed by atoms with E-state index >= 15 is 0 Å². The van der Waals surface area contributed by atoms with Gasteiger partial charge < -0.3 is 28.8 Å². The van der Waals surface area contributed by atoms with E-state index in [1.807, 2.05) is 6.92 Å². The fourth-order valence-corrected chi connectivity index (χ4v) is 3.88. The van der Waals surface area contributed by atoms with Crippen LogP contribution in [0.25, 0.3) is 11.1 Å². The number of carboxylic acids is 1. The Bertz CT molecular complexity index is 1020. The summed E-state index contributed by atoms with van der Waals surface area (Å²) >= 11 is 0. The number of carboxylic acid groups (broad SMARTS) is 1. The molecule has 0 heterocycles. The molecular formula is C23H23NaO7. The SMILES string of the molecule is COc1ccc(C2=C(c3cc(OC)c(OC)c(OC)c3)C(=O)CC2C)cc1C(=O)[O-].[Na+]. The van der Waals surface area contributed by atoms with E-state index in [0.29, 0.717) is 40.4 Å². The number of rotatable bonds is 7. The van der Waals surface area contributed by atoms with Gasteiger partial charge in [-0.3, -0.25) is 4.79 Å². The molecule has 1 aliphatic rings. The first kappa shape index (κ1) is 24.8. The smallest absolute Gasteiger partial charge is 0.545 e. The third-order valence-electron chi connectivity index (χ3n) is 5.22. The molecule has 0 amide bonds. The van der Waals surface area contributed by atoms with Crippen LogP contribution in [0.4, 0.5) is 0 Å². The standard InChI is InChI=1S/C23H24O7.Na/c1-12-8-16(24)21(14-10-18(28-3)22(30-5)19(11-14)29-4)20(12)13-6-7-17(27-2)15(9-13)23(25)26;/h6-7,9-12H,8H2,1-5H3,(H,25,26);/q;+1/p-1. The Morgan fingerprint density at radius 3 is 1.97 bits per heavy atom. The first-order valence-corrected chi connectivity index (χ1v) is 9.33. The van der Waals surface area contributed by atoms with Crippen LogP contribution in [0.5, 0.6) is 23.0 Å². The molecule has 1 unspecified atom stereocenters. The Kier molecular flexibility index (Phi) is 8.17. The zero-order chi connectivity index (χ0) is 22.0. The van der Waals surface area contributed by atoms with Crippen molar-refractivity contribution in [1.29, 1.82) is 0 Å². The zero-order valence-electron chi connectivity index (χ0n) is 18.5. The molecule has 0 aliphatic heterocycles. The number of benzene rings is 2. The Hall–Kier alpha value is -2.48. The van der Waals surface area contributed by atoms with Gasteiger partial charge in [0.05, 0.1) is 34.4 Å². The van der Waals surface area contributed by atoms with E-state index in [2.05, 4.69) is 0 Å². The average molecular weight is 434 g/mol. The number of hydrogen-bond acceptors (Lipinski definition) is 7. The van der Waals surface area contributed by atoms with Crippen molar-refractivity contribution in [2.24, 2.45) is 5.92 Å². The van der Waals surface area contributed by atoms with Crippen molar-refractivity contribution in [3.05, 3.63) is 47.0 Å². The van der Waals surface area contributed by atoms with E-state index < -0.39 is 5.97 Å². The second-order valence-corrected chi connectivity index (χ2v) is 6.93. The first-order valence-electron chi connectivity index (χ1n) is 9.33. The van der Waals surface area contributed by atoms with Crippen molar-refractivity contribution < 1.29 is 63.2 Å². The molecule has 8 heteroatoms. The van der Waals surface area contributed by atoms with Gasteiger partial charge in [-0.05, 0) is 46.9 Å². The number of allylic oxidation sites excluding steroid dienone is 2. The summed E-state index contributed by atoms with van der Waals surface area (Å²) < 4.78 is 21.3. The van der Waals surface area contributed by atoms with Crippen LogP contribution in [0.3, 0.4) is 0 Å². The predicted molar refractivity (Wildman–Crippen MR) is 109 cm³/mol. The van der Waals surface area contributed by atoms with Crippen molar-refractivity contribution in [2.45, 2.75) is 13.3 Å². The summed E-state index contributed by atoms with van der Waals surface area (Å²) in [5.41, 5.74) is 2.41. The van der Waals surface area contributed by atoms with Crippen molar-refractivity contribution in [3.8, 4) is 23.0 Å². The second kappa shape index (κ2) is 10.2. The van der Waals surface area contributed by atoms with E-state index in [-0.39, 0.29) is 52.6 Å². The minimum atomic E-state index is -1.35. The van der Waals surface area contributed by atoms with Gasteiger partial charge in [0, 0.05) is 17.6 Å². The Morgan fingerprint density at radius 1 is 0.903 bits per heavy atom. The molecule has 0 aromatic heterocycles. The van der Waals surface area contributed by atoms with Gasteiger partial charge in [-0.25, -0.2) is 0 Å². The molecule has 1 aliphatic carbocycles. The number of ether oxygens (including phenoxy) is 4. The molecule has 0 saturated heterocycles. The fourth-order valence-electron chi connectivity index (χ4n) is 3.88. The molecule has 2 aromatic carbocycles. The molecule has 0 saturated carbocycles. The van der Waals surface area contributed by atoms with Crippen LogP contribution in [0, 0.1) is 5.92 Å². The van der Waals surface area contributed by atoms with Gasteiger partial charge in [0.25, 0.3) is 0 Å². The number of hydrogen-bond donors (Lipinski definition) is 0. The van der Waals surface area contributed by atoms with Gasteiger partial charge >= 0.3 is 29.6 Å². The normalized spacial score (nSPS) is 15.4. The van der Waals surface area contributed by atoms with Gasteiger partial charge in [-0.2, -0.15) is 0 Å². The van der Waals surface area contributed by atoms with Gasteiger partial charge in [-0.1, -0.05) is 13.0 Å². The molecule has 0 fully saturated rings. The van der Waals surface area contributed by atoms with E-state index in [1.54, 1.807) is 24.3 Å². The maximum absolute atomic E-state index is 12.9. The monoisotopic (exact) mass is 434 g/mol. The third kappa shape index (κ3) is 4.59. The predicted octanol–water partition coefficient (Wildman–Crippen LogP) is -0.392. The summed E-state index contributed by atoms with van der Waals surface area (Å²) in [5, 5.41) is 11.6. The Morgan fingerprint density at radius 2 is 1.48 bits per heavy atom. The summed E-state index contributed by atoms with van der Waals surface area (Å²) in [4.78, 5) is 24.5. The van der Waals surface area contributed by atoms with Gasteiger partial charge in [-0.15, -0.1) is 0 Å². The number of ketones is 1. The van der Waals surface area contributed by atoms with Crippen LogP contribution in [0.1, 0.15) is 34.8 Å². The van der Waals surface area contributed by atoms with Crippen molar-refractivity contribution >= 4 is 22.9 Å². The molecule has 0 radical (unpaired) electrons. The number of aromatic carboxylic acids is 1. The Labute approximate surface area is 203 Å². The number of methoxy groups -OCH3 is 4. The largest absolute Gasteiger partial charge is 1.00 e. The second-order valence-electron chi connectivity index (χ2n) is 6.93. The van der Waals surface area contributed by atoms with Crippen molar-refractivity contribution in [2.75, 3.05) is 28.4 Å². The summed E-state index contributed by atoms with van der Waals surface area (Å²) in [7, 11) is 5.91. The zero-order valence-corrected chi connectivity index (χ0v) is 20.5. The molecule has 2 aromatic rings. The van der Waals surface area contributed by atoms with E-state index in [0.717, 1.165) is 5.57 Å². The fraction of sp³-hybridized carbons (Fsp3) is 0.304. The minimum Gasteiger partial charge on any atom is -0.545 e. The molecule has 7 nitrogen and oxygen atoms in total. The van der Waals surface area contributed by atoms with Crippen LogP contribution < -0.4 is 53.6 Å². The Balaban J connectivity index is 0.00000341. The minimum absolute atomic E-state index is 0. The molecule has 0 N–H and O–H groups in total. The molecule has 3 rings (SSSR count). The number of carbonyl (C=O) groups is 2. The molecule has 1 atom stereocenters. The van der Waals surface area contributed by atoms with Gasteiger partial charge in [0.2, 0.25) is 5.75 Å². The van der Waals surface area contributed by atoms with Gasteiger partial charge in [0.15, 0.2) is 17.3 Å². The summed E-state index contributed by atoms with van der Waals surface area (Å²) in [6.07, 6.45) is 0.314. The van der Waals surface area contributed by atoms with E-state index in [4.69, 9.17) is 18.9 Å². The maximum atomic E-state index is 12.9. The number of Topliss-reactive ketones (excluding diaryl/α,β-unsaturated/α-hetero) is 1. The van der Waals surface area contributed by atoms with Crippen molar-refractivity contribution in [3.63, 3.8) is 0 Å². The molecule has 0 bridgehead atoms. The molecule has 31 heavy (non-hydrogen) atoms. The van der Waals surface area contributed by atoms with Crippen LogP contribution in [0.15, 0.2) is 30.3 Å². The summed E-state index contributed by atoms with van der Waals surface area (Å²) in [6, 6.07) is 8.23. The average Bonchev–Trinajstić information content (AvgIpc) is 3.05. The van der Waals surface area contributed by atoms with Crippen molar-refractivity contribution in [1.82, 2.24) is 0 Å². The van der Waals surface area contributed by atoms with Crippen LogP contribution in [0.2, 0.25) is 0 Å². The first-order chi connectivity index (χ1) is 14.4. The quantitative estimate of drug-likeness (QED) is 0.548. The van der Waals surface area contributed by atoms with E-state index in [1.165, 1.54) is 34.5 Å². The number of carbonyl (C=O) groups excluding carboxylic acids is 2. The van der Waals surface area contributed by atoms with Crippen LogP contribution in [-0.2, 0) is 4.79 Å². The molecule has 158 valence electrons.